The molecule has 0 aliphatic rings. The smallest absolute Gasteiger partial charge is 0.243 e. The molecule has 212 valence electrons. The number of carbonyl (C=O) groups is 2. The Hall–Kier alpha value is -4.34. The fourth-order valence-corrected chi connectivity index (χ4v) is 5.18. The van der Waals surface area contributed by atoms with Crippen molar-refractivity contribution in [2.24, 2.45) is 0 Å². The molecule has 9 heteroatoms. The molecule has 4 aromatic rings. The Morgan fingerprint density at radius 1 is 0.756 bits per heavy atom. The monoisotopic (exact) mass is 570 g/mol. The summed E-state index contributed by atoms with van der Waals surface area (Å²) >= 11 is 0. The Morgan fingerprint density at radius 2 is 1.29 bits per heavy atom. The predicted molar refractivity (Wildman–Crippen MR) is 159 cm³/mol. The Morgan fingerprint density at radius 3 is 1.83 bits per heavy atom. The van der Waals surface area contributed by atoms with Crippen LogP contribution in [-0.2, 0) is 45.7 Å². The first-order chi connectivity index (χ1) is 19.8. The number of pyridine rings is 1. The van der Waals surface area contributed by atoms with Crippen LogP contribution in [0.5, 0.6) is 0 Å². The van der Waals surface area contributed by atoms with E-state index in [1.807, 2.05) is 103 Å². The minimum atomic E-state index is -3.74. The molecule has 0 fully saturated rings. The first kappa shape index (κ1) is 29.6. The van der Waals surface area contributed by atoms with E-state index in [0.29, 0.717) is 5.69 Å². The Bertz CT molecular complexity index is 1500. The number of hydrogen-bond donors (Lipinski definition) is 1. The highest BCUT2D eigenvalue weighted by molar-refractivity contribution is 7.88. The van der Waals surface area contributed by atoms with E-state index in [2.05, 4.69) is 10.3 Å². The molecule has 1 heterocycles. The lowest BCUT2D eigenvalue weighted by Crippen LogP contribution is -2.53. The van der Waals surface area contributed by atoms with Crippen LogP contribution in [0.15, 0.2) is 115 Å². The SMILES string of the molecule is CS(=O)(=O)N(CC(=O)N(Cc1ccccc1)[C@@H](Cc1ccccc1)C(=O)NCc1ccccn1)Cc1ccccc1. The van der Waals surface area contributed by atoms with Gasteiger partial charge in [0.2, 0.25) is 21.8 Å². The molecular weight excluding hydrogens is 536 g/mol. The van der Waals surface area contributed by atoms with Crippen molar-refractivity contribution in [1.29, 1.82) is 0 Å². The Kier molecular flexibility index (Phi) is 10.4. The second-order valence-corrected chi connectivity index (χ2v) is 11.8. The Labute approximate surface area is 241 Å². The van der Waals surface area contributed by atoms with Gasteiger partial charge in [0.1, 0.15) is 6.04 Å². The van der Waals surface area contributed by atoms with Gasteiger partial charge in [0.25, 0.3) is 0 Å². The minimum Gasteiger partial charge on any atom is -0.349 e. The zero-order valence-corrected chi connectivity index (χ0v) is 23.8. The molecule has 1 atom stereocenters. The van der Waals surface area contributed by atoms with Crippen LogP contribution in [0.4, 0.5) is 0 Å². The van der Waals surface area contributed by atoms with E-state index in [0.717, 1.165) is 27.3 Å². The summed E-state index contributed by atoms with van der Waals surface area (Å²) in [6.45, 7) is -0.0297. The van der Waals surface area contributed by atoms with Crippen molar-refractivity contribution in [2.75, 3.05) is 12.8 Å². The van der Waals surface area contributed by atoms with Gasteiger partial charge in [-0.25, -0.2) is 8.42 Å². The van der Waals surface area contributed by atoms with Crippen molar-refractivity contribution in [2.45, 2.75) is 32.1 Å². The third-order valence-electron chi connectivity index (χ3n) is 6.62. The molecule has 1 N–H and O–H groups in total. The summed E-state index contributed by atoms with van der Waals surface area (Å²) in [6.07, 6.45) is 3.00. The molecule has 4 rings (SSSR count). The summed E-state index contributed by atoms with van der Waals surface area (Å²) in [6, 6.07) is 32.5. The van der Waals surface area contributed by atoms with Gasteiger partial charge < -0.3 is 10.2 Å². The van der Waals surface area contributed by atoms with Gasteiger partial charge in [-0.2, -0.15) is 4.31 Å². The van der Waals surface area contributed by atoms with Crippen molar-refractivity contribution in [1.82, 2.24) is 19.5 Å². The van der Waals surface area contributed by atoms with Gasteiger partial charge >= 0.3 is 0 Å². The quantitative estimate of drug-likeness (QED) is 0.264. The molecule has 2 amide bonds. The summed E-state index contributed by atoms with van der Waals surface area (Å²) in [5.41, 5.74) is 3.15. The van der Waals surface area contributed by atoms with Crippen molar-refractivity contribution < 1.29 is 18.0 Å². The van der Waals surface area contributed by atoms with Gasteiger partial charge in [-0.05, 0) is 28.8 Å². The zero-order valence-electron chi connectivity index (χ0n) is 23.0. The van der Waals surface area contributed by atoms with E-state index in [9.17, 15) is 18.0 Å². The van der Waals surface area contributed by atoms with Crippen LogP contribution in [0.3, 0.4) is 0 Å². The molecule has 0 spiro atoms. The molecule has 0 radical (unpaired) electrons. The molecule has 0 aliphatic heterocycles. The van der Waals surface area contributed by atoms with E-state index >= 15 is 0 Å². The summed E-state index contributed by atoms with van der Waals surface area (Å²) in [5.74, 6) is -0.818. The summed E-state index contributed by atoms with van der Waals surface area (Å²) < 4.78 is 26.7. The van der Waals surface area contributed by atoms with Crippen molar-refractivity contribution in [3.63, 3.8) is 0 Å². The topological polar surface area (TPSA) is 99.7 Å². The molecule has 0 saturated carbocycles. The van der Waals surface area contributed by atoms with E-state index in [-0.39, 0.29) is 32.0 Å². The number of aromatic nitrogens is 1. The van der Waals surface area contributed by atoms with Crippen LogP contribution < -0.4 is 5.32 Å². The van der Waals surface area contributed by atoms with Gasteiger partial charge in [0, 0.05) is 25.7 Å². The Balaban J connectivity index is 1.66. The molecule has 0 bridgehead atoms. The van der Waals surface area contributed by atoms with E-state index < -0.39 is 28.5 Å². The largest absolute Gasteiger partial charge is 0.349 e. The van der Waals surface area contributed by atoms with E-state index in [4.69, 9.17) is 0 Å². The van der Waals surface area contributed by atoms with Gasteiger partial charge in [-0.1, -0.05) is 97.1 Å². The van der Waals surface area contributed by atoms with E-state index in [1.165, 1.54) is 4.90 Å². The fraction of sp³-hybridized carbons (Fsp3) is 0.219. The number of nitrogens with one attached hydrogen (secondary N) is 1. The van der Waals surface area contributed by atoms with Crippen LogP contribution in [0.25, 0.3) is 0 Å². The number of nitrogens with zero attached hydrogens (tertiary/aromatic N) is 3. The zero-order chi connectivity index (χ0) is 29.1. The maximum Gasteiger partial charge on any atom is 0.243 e. The normalized spacial score (nSPS) is 12.0. The standard InChI is InChI=1S/C32H34N4O4S/c1-41(39,40)35(23-27-15-7-3-8-16-27)25-31(37)36(24-28-17-9-4-10-18-28)30(21-26-13-5-2-6-14-26)32(38)34-22-29-19-11-12-20-33-29/h2-20,30H,21-25H2,1H3,(H,34,38)/t30-/m0/s1. The van der Waals surface area contributed by atoms with Crippen LogP contribution in [0, 0.1) is 0 Å². The lowest BCUT2D eigenvalue weighted by molar-refractivity contribution is -0.141. The molecule has 0 aliphatic carbocycles. The highest BCUT2D eigenvalue weighted by Crippen LogP contribution is 2.17. The maximum absolute atomic E-state index is 14.0. The lowest BCUT2D eigenvalue weighted by Gasteiger charge is -2.33. The van der Waals surface area contributed by atoms with Crippen molar-refractivity contribution in [3.05, 3.63) is 138 Å². The average molecular weight is 571 g/mol. The fourth-order valence-electron chi connectivity index (χ4n) is 4.45. The molecular formula is C32H34N4O4S. The van der Waals surface area contributed by atoms with Gasteiger partial charge in [0.05, 0.1) is 25.0 Å². The minimum absolute atomic E-state index is 0.0415. The highest BCUT2D eigenvalue weighted by atomic mass is 32.2. The van der Waals surface area contributed by atoms with Crippen LogP contribution >= 0.6 is 0 Å². The second-order valence-electron chi connectivity index (χ2n) is 9.77. The molecule has 41 heavy (non-hydrogen) atoms. The summed E-state index contributed by atoms with van der Waals surface area (Å²) in [4.78, 5) is 33.6. The predicted octanol–water partition coefficient (Wildman–Crippen LogP) is 3.80. The molecule has 0 unspecified atom stereocenters. The van der Waals surface area contributed by atoms with E-state index in [1.54, 1.807) is 12.3 Å². The number of carbonyl (C=O) groups excluding carboxylic acids is 2. The van der Waals surface area contributed by atoms with Gasteiger partial charge in [-0.3, -0.25) is 14.6 Å². The van der Waals surface area contributed by atoms with Crippen LogP contribution in [-0.4, -0.2) is 53.3 Å². The van der Waals surface area contributed by atoms with Gasteiger partial charge in [-0.15, -0.1) is 0 Å². The highest BCUT2D eigenvalue weighted by Gasteiger charge is 2.32. The lowest BCUT2D eigenvalue weighted by atomic mass is 10.0. The third-order valence-corrected chi connectivity index (χ3v) is 7.82. The number of rotatable bonds is 13. The van der Waals surface area contributed by atoms with Crippen LogP contribution in [0.2, 0.25) is 0 Å². The second kappa shape index (κ2) is 14.3. The molecule has 1 aromatic heterocycles. The van der Waals surface area contributed by atoms with Crippen LogP contribution in [0.1, 0.15) is 22.4 Å². The average Bonchev–Trinajstić information content (AvgIpc) is 2.99. The first-order valence-electron chi connectivity index (χ1n) is 13.3. The number of benzene rings is 3. The molecule has 3 aromatic carbocycles. The summed E-state index contributed by atoms with van der Waals surface area (Å²) in [7, 11) is -3.74. The summed E-state index contributed by atoms with van der Waals surface area (Å²) in [5, 5.41) is 2.94. The maximum atomic E-state index is 14.0. The van der Waals surface area contributed by atoms with Crippen molar-refractivity contribution >= 4 is 21.8 Å². The number of hydrogen-bond acceptors (Lipinski definition) is 5. The van der Waals surface area contributed by atoms with Crippen molar-refractivity contribution in [3.8, 4) is 0 Å². The first-order valence-corrected chi connectivity index (χ1v) is 15.2. The van der Waals surface area contributed by atoms with Gasteiger partial charge in [0.15, 0.2) is 0 Å². The molecule has 8 nitrogen and oxygen atoms in total. The number of amides is 2. The molecule has 0 saturated heterocycles. The third kappa shape index (κ3) is 9.09. The number of sulfonamides is 1.